The van der Waals surface area contributed by atoms with Crippen molar-refractivity contribution in [3.8, 4) is 5.75 Å². The zero-order valence-electron chi connectivity index (χ0n) is 10.4. The van der Waals surface area contributed by atoms with Gasteiger partial charge in [0, 0.05) is 30.3 Å². The highest BCUT2D eigenvalue weighted by Crippen LogP contribution is 2.29. The summed E-state index contributed by atoms with van der Waals surface area (Å²) < 4.78 is 5.61. The van der Waals surface area contributed by atoms with E-state index in [1.165, 1.54) is 6.42 Å². The number of fused-ring (bicyclic) bond motifs is 1. The van der Waals surface area contributed by atoms with E-state index in [1.54, 1.807) is 0 Å². The van der Waals surface area contributed by atoms with Gasteiger partial charge in [-0.15, -0.1) is 0 Å². The number of ether oxygens (including phenoxy) is 1. The molecule has 1 amide bonds. The van der Waals surface area contributed by atoms with Crippen molar-refractivity contribution in [3.63, 3.8) is 0 Å². The van der Waals surface area contributed by atoms with Crippen LogP contribution >= 0.6 is 0 Å². The summed E-state index contributed by atoms with van der Waals surface area (Å²) >= 11 is 0. The van der Waals surface area contributed by atoms with Crippen molar-refractivity contribution in [3.05, 3.63) is 23.8 Å². The Hall–Kier alpha value is -1.55. The molecular formula is C14H18N2O2. The molecule has 1 aliphatic carbocycles. The molecule has 0 spiro atoms. The first-order chi connectivity index (χ1) is 8.83. The Bertz CT molecular complexity index is 455. The molecule has 4 heteroatoms. The minimum atomic E-state index is 0.156. The van der Waals surface area contributed by atoms with Crippen LogP contribution in [0.5, 0.6) is 5.75 Å². The number of carbonyl (C=O) groups is 1. The van der Waals surface area contributed by atoms with Crippen molar-refractivity contribution in [1.29, 1.82) is 0 Å². The van der Waals surface area contributed by atoms with Crippen LogP contribution in [0.1, 0.15) is 24.8 Å². The Morgan fingerprint density at radius 3 is 3.06 bits per heavy atom. The zero-order chi connectivity index (χ0) is 12.4. The van der Waals surface area contributed by atoms with E-state index in [0.717, 1.165) is 42.9 Å². The van der Waals surface area contributed by atoms with Crippen LogP contribution in [0.25, 0.3) is 0 Å². The number of amides is 1. The van der Waals surface area contributed by atoms with E-state index < -0.39 is 0 Å². The van der Waals surface area contributed by atoms with E-state index in [2.05, 4.69) is 10.6 Å². The number of rotatable bonds is 2. The van der Waals surface area contributed by atoms with Gasteiger partial charge < -0.3 is 15.4 Å². The van der Waals surface area contributed by atoms with Crippen molar-refractivity contribution in [2.45, 2.75) is 25.8 Å². The smallest absolute Gasteiger partial charge is 0.227 e. The highest BCUT2D eigenvalue weighted by molar-refractivity contribution is 5.93. The van der Waals surface area contributed by atoms with Crippen LogP contribution < -0.4 is 15.4 Å². The van der Waals surface area contributed by atoms with E-state index in [1.807, 2.05) is 18.2 Å². The average molecular weight is 246 g/mol. The molecule has 0 aromatic heterocycles. The van der Waals surface area contributed by atoms with E-state index >= 15 is 0 Å². The average Bonchev–Trinajstić information content (AvgIpc) is 2.51. The number of carbonyl (C=O) groups excluding carboxylic acids is 1. The van der Waals surface area contributed by atoms with Gasteiger partial charge in [-0.05, 0) is 31.0 Å². The lowest BCUT2D eigenvalue weighted by molar-refractivity contribution is -0.122. The summed E-state index contributed by atoms with van der Waals surface area (Å²) in [6, 6.07) is 5.86. The standard InChI is InChI=1S/C14H18N2O2/c17-14(10-2-1-3-10)16-12-4-5-13-11(8-12)9-15-6-7-18-13/h4-5,8,10,15H,1-3,6-7,9H2,(H,16,17). The maximum absolute atomic E-state index is 11.9. The molecule has 1 aromatic carbocycles. The third-order valence-electron chi connectivity index (χ3n) is 3.66. The number of hydrogen-bond acceptors (Lipinski definition) is 3. The fourth-order valence-electron chi connectivity index (χ4n) is 2.31. The monoisotopic (exact) mass is 246 g/mol. The second-order valence-electron chi connectivity index (χ2n) is 4.96. The Morgan fingerprint density at radius 1 is 1.39 bits per heavy atom. The molecule has 1 heterocycles. The maximum Gasteiger partial charge on any atom is 0.227 e. The summed E-state index contributed by atoms with van der Waals surface area (Å²) in [6.45, 7) is 2.35. The van der Waals surface area contributed by atoms with Gasteiger partial charge in [-0.3, -0.25) is 4.79 Å². The molecule has 0 atom stereocenters. The number of benzene rings is 1. The number of hydrogen-bond donors (Lipinski definition) is 2. The molecule has 18 heavy (non-hydrogen) atoms. The summed E-state index contributed by atoms with van der Waals surface area (Å²) in [4.78, 5) is 11.9. The molecule has 3 rings (SSSR count). The van der Waals surface area contributed by atoms with Crippen LogP contribution in [0.4, 0.5) is 5.69 Å². The Balaban J connectivity index is 1.72. The minimum absolute atomic E-state index is 0.156. The fourth-order valence-corrected chi connectivity index (χ4v) is 2.31. The Kier molecular flexibility index (Phi) is 3.19. The highest BCUT2D eigenvalue weighted by atomic mass is 16.5. The third kappa shape index (κ3) is 2.34. The minimum Gasteiger partial charge on any atom is -0.492 e. The molecule has 0 unspecified atom stereocenters. The maximum atomic E-state index is 11.9. The first-order valence-electron chi connectivity index (χ1n) is 6.60. The molecule has 1 saturated carbocycles. The van der Waals surface area contributed by atoms with Crippen LogP contribution in [0.2, 0.25) is 0 Å². The molecule has 1 aromatic rings. The third-order valence-corrected chi connectivity index (χ3v) is 3.66. The number of nitrogens with one attached hydrogen (secondary N) is 2. The lowest BCUT2D eigenvalue weighted by atomic mass is 9.85. The van der Waals surface area contributed by atoms with Crippen LogP contribution in [0.3, 0.4) is 0 Å². The normalized spacial score (nSPS) is 19.1. The molecule has 4 nitrogen and oxygen atoms in total. The predicted molar refractivity (Wildman–Crippen MR) is 69.6 cm³/mol. The molecule has 1 aliphatic heterocycles. The molecule has 96 valence electrons. The van der Waals surface area contributed by atoms with E-state index in [9.17, 15) is 4.79 Å². The highest BCUT2D eigenvalue weighted by Gasteiger charge is 2.25. The summed E-state index contributed by atoms with van der Waals surface area (Å²) in [7, 11) is 0. The first kappa shape index (κ1) is 11.5. The van der Waals surface area contributed by atoms with Gasteiger partial charge in [-0.1, -0.05) is 6.42 Å². The lowest BCUT2D eigenvalue weighted by Crippen LogP contribution is -2.28. The summed E-state index contributed by atoms with van der Waals surface area (Å²) in [5.41, 5.74) is 1.98. The van der Waals surface area contributed by atoms with Crippen LogP contribution in [-0.2, 0) is 11.3 Å². The quantitative estimate of drug-likeness (QED) is 0.838. The van der Waals surface area contributed by atoms with Crippen molar-refractivity contribution in [2.75, 3.05) is 18.5 Å². The molecule has 2 N–H and O–H groups in total. The fraction of sp³-hybridized carbons (Fsp3) is 0.500. The van der Waals surface area contributed by atoms with Crippen molar-refractivity contribution < 1.29 is 9.53 Å². The molecule has 0 radical (unpaired) electrons. The SMILES string of the molecule is O=C(Nc1ccc2c(c1)CNCCO2)C1CCC1. The van der Waals surface area contributed by atoms with Crippen LogP contribution in [0, 0.1) is 5.92 Å². The first-order valence-corrected chi connectivity index (χ1v) is 6.60. The van der Waals surface area contributed by atoms with Gasteiger partial charge in [0.25, 0.3) is 0 Å². The van der Waals surface area contributed by atoms with Gasteiger partial charge >= 0.3 is 0 Å². The van der Waals surface area contributed by atoms with Crippen molar-refractivity contribution in [2.24, 2.45) is 5.92 Å². The van der Waals surface area contributed by atoms with E-state index in [0.29, 0.717) is 6.61 Å². The van der Waals surface area contributed by atoms with Gasteiger partial charge in [-0.2, -0.15) is 0 Å². The van der Waals surface area contributed by atoms with Crippen molar-refractivity contribution in [1.82, 2.24) is 5.32 Å². The predicted octanol–water partition coefficient (Wildman–Crippen LogP) is 1.91. The second-order valence-corrected chi connectivity index (χ2v) is 4.96. The van der Waals surface area contributed by atoms with Gasteiger partial charge in [-0.25, -0.2) is 0 Å². The van der Waals surface area contributed by atoms with Gasteiger partial charge in [0.05, 0.1) is 0 Å². The number of anilines is 1. The molecule has 0 bridgehead atoms. The van der Waals surface area contributed by atoms with E-state index in [-0.39, 0.29) is 11.8 Å². The van der Waals surface area contributed by atoms with Gasteiger partial charge in [0.2, 0.25) is 5.91 Å². The Labute approximate surface area is 107 Å². The summed E-state index contributed by atoms with van der Waals surface area (Å²) in [5.74, 6) is 1.29. The largest absolute Gasteiger partial charge is 0.492 e. The van der Waals surface area contributed by atoms with E-state index in [4.69, 9.17) is 4.74 Å². The molecule has 0 saturated heterocycles. The van der Waals surface area contributed by atoms with Gasteiger partial charge in [0.1, 0.15) is 12.4 Å². The van der Waals surface area contributed by atoms with Crippen molar-refractivity contribution >= 4 is 11.6 Å². The second kappa shape index (κ2) is 4.98. The van der Waals surface area contributed by atoms with Crippen LogP contribution in [0.15, 0.2) is 18.2 Å². The topological polar surface area (TPSA) is 50.4 Å². The molecular weight excluding hydrogens is 228 g/mol. The summed E-state index contributed by atoms with van der Waals surface area (Å²) in [5, 5.41) is 6.28. The van der Waals surface area contributed by atoms with Crippen LogP contribution in [-0.4, -0.2) is 19.1 Å². The zero-order valence-corrected chi connectivity index (χ0v) is 10.4. The Morgan fingerprint density at radius 2 is 2.28 bits per heavy atom. The van der Waals surface area contributed by atoms with Gasteiger partial charge in [0.15, 0.2) is 0 Å². The molecule has 2 aliphatic rings. The lowest BCUT2D eigenvalue weighted by Gasteiger charge is -2.24. The summed E-state index contributed by atoms with van der Waals surface area (Å²) in [6.07, 6.45) is 3.24. The molecule has 1 fully saturated rings.